The Morgan fingerprint density at radius 2 is 1.81 bits per heavy atom. The van der Waals surface area contributed by atoms with Gasteiger partial charge < -0.3 is 10.6 Å². The summed E-state index contributed by atoms with van der Waals surface area (Å²) in [4.78, 5) is 25.7. The number of rotatable bonds is 7. The van der Waals surface area contributed by atoms with E-state index in [9.17, 15) is 18.0 Å². The fraction of sp³-hybridized carbons (Fsp3) is 0.391. The standard InChI is InChI=1S/C23H28ClN3O4S/c1-16(2)14-25-23(29)20-7-3-4-8-21(20)26-22(28)17-6-5-13-27(15-17)32(30,31)19-11-9-18(24)10-12-19/h3-4,7-12,16-17H,5-6,13-15H2,1-2H3,(H,25,29)(H,26,28)/t17-/m1/s1. The monoisotopic (exact) mass is 477 g/mol. The normalized spacial score (nSPS) is 17.2. The van der Waals surface area contributed by atoms with E-state index in [4.69, 9.17) is 11.6 Å². The maximum atomic E-state index is 13.0. The predicted molar refractivity (Wildman–Crippen MR) is 125 cm³/mol. The Morgan fingerprint density at radius 3 is 2.50 bits per heavy atom. The summed E-state index contributed by atoms with van der Waals surface area (Å²) >= 11 is 5.87. The van der Waals surface area contributed by atoms with Gasteiger partial charge >= 0.3 is 0 Å². The Hall–Kier alpha value is -2.42. The highest BCUT2D eigenvalue weighted by Gasteiger charge is 2.33. The van der Waals surface area contributed by atoms with Gasteiger partial charge in [0, 0.05) is 24.7 Å². The van der Waals surface area contributed by atoms with Crippen LogP contribution in [-0.4, -0.2) is 44.2 Å². The van der Waals surface area contributed by atoms with Gasteiger partial charge in [0.2, 0.25) is 15.9 Å². The minimum absolute atomic E-state index is 0.0819. The molecule has 2 N–H and O–H groups in total. The molecule has 1 saturated heterocycles. The highest BCUT2D eigenvalue weighted by Crippen LogP contribution is 2.26. The molecule has 2 amide bonds. The van der Waals surface area contributed by atoms with Crippen molar-refractivity contribution in [2.45, 2.75) is 31.6 Å². The van der Waals surface area contributed by atoms with Crippen LogP contribution in [0.3, 0.4) is 0 Å². The number of para-hydroxylation sites is 1. The van der Waals surface area contributed by atoms with E-state index in [-0.39, 0.29) is 23.3 Å². The van der Waals surface area contributed by atoms with Gasteiger partial charge in [-0.1, -0.05) is 37.6 Å². The number of piperidine rings is 1. The highest BCUT2D eigenvalue weighted by molar-refractivity contribution is 7.89. The van der Waals surface area contributed by atoms with Crippen LogP contribution in [0.1, 0.15) is 37.0 Å². The second-order valence-electron chi connectivity index (χ2n) is 8.29. The lowest BCUT2D eigenvalue weighted by molar-refractivity contribution is -0.120. The molecule has 7 nitrogen and oxygen atoms in total. The van der Waals surface area contributed by atoms with Crippen LogP contribution in [0.5, 0.6) is 0 Å². The Balaban J connectivity index is 1.71. The van der Waals surface area contributed by atoms with Crippen molar-refractivity contribution in [2.24, 2.45) is 11.8 Å². The number of carbonyl (C=O) groups excluding carboxylic acids is 2. The maximum Gasteiger partial charge on any atom is 0.253 e. The molecule has 0 unspecified atom stereocenters. The molecule has 1 heterocycles. The summed E-state index contributed by atoms with van der Waals surface area (Å²) in [6.07, 6.45) is 1.14. The molecule has 0 aliphatic carbocycles. The van der Waals surface area contributed by atoms with Gasteiger partial charge in [-0.25, -0.2) is 8.42 Å². The molecule has 172 valence electrons. The second-order valence-corrected chi connectivity index (χ2v) is 10.7. The van der Waals surface area contributed by atoms with E-state index in [1.807, 2.05) is 13.8 Å². The molecule has 1 fully saturated rings. The first-order valence-corrected chi connectivity index (χ1v) is 12.4. The third-order valence-corrected chi connectivity index (χ3v) is 7.44. The van der Waals surface area contributed by atoms with Crippen LogP contribution in [0.2, 0.25) is 5.02 Å². The van der Waals surface area contributed by atoms with Crippen LogP contribution < -0.4 is 10.6 Å². The number of nitrogens with zero attached hydrogens (tertiary/aromatic N) is 1. The highest BCUT2D eigenvalue weighted by atomic mass is 35.5. The summed E-state index contributed by atoms with van der Waals surface area (Å²) in [5.41, 5.74) is 0.791. The molecule has 0 radical (unpaired) electrons. The van der Waals surface area contributed by atoms with Crippen LogP contribution in [0, 0.1) is 11.8 Å². The van der Waals surface area contributed by atoms with E-state index in [1.165, 1.54) is 28.6 Å². The van der Waals surface area contributed by atoms with E-state index in [0.717, 1.165) is 0 Å². The Morgan fingerprint density at radius 1 is 1.12 bits per heavy atom. The molecular formula is C23H28ClN3O4S. The topological polar surface area (TPSA) is 95.6 Å². The van der Waals surface area contributed by atoms with Gasteiger partial charge in [-0.05, 0) is 55.2 Å². The lowest BCUT2D eigenvalue weighted by Crippen LogP contribution is -2.43. The summed E-state index contributed by atoms with van der Waals surface area (Å²) < 4.78 is 27.3. The van der Waals surface area contributed by atoms with Gasteiger partial charge in [0.05, 0.1) is 22.1 Å². The van der Waals surface area contributed by atoms with Crippen molar-refractivity contribution in [3.8, 4) is 0 Å². The largest absolute Gasteiger partial charge is 0.352 e. The van der Waals surface area contributed by atoms with E-state index in [0.29, 0.717) is 48.1 Å². The number of amides is 2. The SMILES string of the molecule is CC(C)CNC(=O)c1ccccc1NC(=O)[C@@H]1CCCN(S(=O)(=O)c2ccc(Cl)cc2)C1. The molecule has 1 atom stereocenters. The van der Waals surface area contributed by atoms with E-state index in [2.05, 4.69) is 10.6 Å². The van der Waals surface area contributed by atoms with E-state index >= 15 is 0 Å². The summed E-state index contributed by atoms with van der Waals surface area (Å²) in [6, 6.07) is 12.8. The predicted octanol–water partition coefficient (Wildman–Crippen LogP) is 3.77. The van der Waals surface area contributed by atoms with Crippen LogP contribution in [0.4, 0.5) is 5.69 Å². The summed E-state index contributed by atoms with van der Waals surface area (Å²) in [7, 11) is -3.72. The van der Waals surface area contributed by atoms with Gasteiger partial charge in [0.25, 0.3) is 5.91 Å². The minimum Gasteiger partial charge on any atom is -0.352 e. The number of sulfonamides is 1. The van der Waals surface area contributed by atoms with Crippen molar-refractivity contribution in [1.29, 1.82) is 0 Å². The van der Waals surface area contributed by atoms with E-state index in [1.54, 1.807) is 24.3 Å². The minimum atomic E-state index is -3.72. The average molecular weight is 478 g/mol. The van der Waals surface area contributed by atoms with Crippen LogP contribution in [0.25, 0.3) is 0 Å². The molecule has 2 aromatic rings. The Labute approximate surface area is 194 Å². The number of halogens is 1. The quantitative estimate of drug-likeness (QED) is 0.634. The smallest absolute Gasteiger partial charge is 0.253 e. The van der Waals surface area contributed by atoms with Crippen molar-refractivity contribution in [1.82, 2.24) is 9.62 Å². The van der Waals surface area contributed by atoms with Gasteiger partial charge in [-0.2, -0.15) is 4.31 Å². The first-order chi connectivity index (χ1) is 15.2. The molecule has 0 bridgehead atoms. The molecule has 0 aromatic heterocycles. The van der Waals surface area contributed by atoms with Crippen LogP contribution in [-0.2, 0) is 14.8 Å². The fourth-order valence-corrected chi connectivity index (χ4v) is 5.20. The fourth-order valence-electron chi connectivity index (χ4n) is 3.55. The Bertz CT molecular complexity index is 1070. The number of hydrogen-bond acceptors (Lipinski definition) is 4. The van der Waals surface area contributed by atoms with E-state index < -0.39 is 15.9 Å². The first kappa shape index (κ1) is 24.2. The molecule has 2 aromatic carbocycles. The molecule has 1 aliphatic rings. The third-order valence-electron chi connectivity index (χ3n) is 5.31. The average Bonchev–Trinajstić information content (AvgIpc) is 2.78. The second kappa shape index (κ2) is 10.5. The van der Waals surface area contributed by atoms with Gasteiger partial charge in [0.15, 0.2) is 0 Å². The Kier molecular flexibility index (Phi) is 7.92. The van der Waals surface area contributed by atoms with Crippen molar-refractivity contribution in [3.63, 3.8) is 0 Å². The number of anilines is 1. The molecular weight excluding hydrogens is 450 g/mol. The summed E-state index contributed by atoms with van der Waals surface area (Å²) in [6.45, 7) is 4.96. The van der Waals surface area contributed by atoms with Gasteiger partial charge in [-0.15, -0.1) is 0 Å². The van der Waals surface area contributed by atoms with Crippen molar-refractivity contribution < 1.29 is 18.0 Å². The zero-order valence-electron chi connectivity index (χ0n) is 18.2. The van der Waals surface area contributed by atoms with Crippen LogP contribution >= 0.6 is 11.6 Å². The molecule has 3 rings (SSSR count). The summed E-state index contributed by atoms with van der Waals surface area (Å²) in [5, 5.41) is 6.14. The number of carbonyl (C=O) groups is 2. The van der Waals surface area contributed by atoms with Crippen LogP contribution in [0.15, 0.2) is 53.4 Å². The number of benzene rings is 2. The zero-order chi connectivity index (χ0) is 23.3. The lowest BCUT2D eigenvalue weighted by Gasteiger charge is -2.31. The molecule has 0 spiro atoms. The molecule has 1 aliphatic heterocycles. The molecule has 0 saturated carbocycles. The third kappa shape index (κ3) is 5.88. The summed E-state index contributed by atoms with van der Waals surface area (Å²) in [5.74, 6) is -0.774. The maximum absolute atomic E-state index is 13.0. The number of hydrogen-bond donors (Lipinski definition) is 2. The van der Waals surface area contributed by atoms with Crippen molar-refractivity contribution >= 4 is 39.1 Å². The zero-order valence-corrected chi connectivity index (χ0v) is 19.7. The lowest BCUT2D eigenvalue weighted by atomic mass is 9.98. The molecule has 32 heavy (non-hydrogen) atoms. The van der Waals surface area contributed by atoms with Gasteiger partial charge in [0.1, 0.15) is 0 Å². The van der Waals surface area contributed by atoms with Crippen molar-refractivity contribution in [3.05, 3.63) is 59.1 Å². The molecule has 9 heteroatoms. The van der Waals surface area contributed by atoms with Gasteiger partial charge in [-0.3, -0.25) is 9.59 Å². The first-order valence-electron chi connectivity index (χ1n) is 10.6. The number of nitrogens with one attached hydrogen (secondary N) is 2. The van der Waals surface area contributed by atoms with Crippen molar-refractivity contribution in [2.75, 3.05) is 25.0 Å².